The lowest BCUT2D eigenvalue weighted by Gasteiger charge is -2.50. The number of aromatic nitrogens is 1. The molecule has 0 bridgehead atoms. The summed E-state index contributed by atoms with van der Waals surface area (Å²) >= 11 is 1.95. The average molecular weight is 1080 g/mol. The van der Waals surface area contributed by atoms with Gasteiger partial charge < -0.3 is 19.3 Å². The van der Waals surface area contributed by atoms with Gasteiger partial charge in [-0.2, -0.15) is 0 Å². The van der Waals surface area contributed by atoms with Crippen molar-refractivity contribution in [3.63, 3.8) is 0 Å². The van der Waals surface area contributed by atoms with Gasteiger partial charge in [-0.05, 0) is 146 Å². The van der Waals surface area contributed by atoms with Crippen LogP contribution in [0.15, 0.2) is 240 Å². The monoisotopic (exact) mass is 1080 g/mol. The molecule has 0 unspecified atom stereocenters. The summed E-state index contributed by atoms with van der Waals surface area (Å²) in [6, 6.07) is 88.3. The maximum absolute atomic E-state index is 2.71. The second kappa shape index (κ2) is 18.3. The van der Waals surface area contributed by atoms with Gasteiger partial charge in [0, 0.05) is 83.0 Å². The van der Waals surface area contributed by atoms with Gasteiger partial charge in [-0.1, -0.05) is 221 Å². The first-order valence-corrected chi connectivity index (χ1v) is 30.7. The van der Waals surface area contributed by atoms with Crippen molar-refractivity contribution in [2.75, 3.05) is 14.7 Å². The molecule has 0 N–H and O–H groups in total. The molecule has 394 valence electrons. The molecule has 5 aliphatic rings. The molecular formula is C75H59B3N4S. The van der Waals surface area contributed by atoms with Crippen molar-refractivity contribution in [1.82, 2.24) is 4.57 Å². The third-order valence-corrected chi connectivity index (χ3v) is 20.1. The van der Waals surface area contributed by atoms with Gasteiger partial charge >= 0.3 is 0 Å². The van der Waals surface area contributed by atoms with Gasteiger partial charge in [0.2, 0.25) is 6.71 Å². The first kappa shape index (κ1) is 48.8. The van der Waals surface area contributed by atoms with E-state index in [-0.39, 0.29) is 20.1 Å². The highest BCUT2D eigenvalue weighted by molar-refractivity contribution is 8.00. The molecule has 4 nitrogen and oxygen atoms in total. The summed E-state index contributed by atoms with van der Waals surface area (Å²) in [5, 5.41) is 2.58. The van der Waals surface area contributed by atoms with E-state index in [0.717, 1.165) is 22.7 Å². The minimum Gasteiger partial charge on any atom is -0.312 e. The number of fused-ring (bicyclic) bond motifs is 15. The van der Waals surface area contributed by atoms with Crippen LogP contribution in [-0.2, 0) is 0 Å². The van der Waals surface area contributed by atoms with E-state index in [2.05, 4.69) is 291 Å². The second-order valence-corrected chi connectivity index (χ2v) is 25.6. The van der Waals surface area contributed by atoms with Gasteiger partial charge in [0.05, 0.1) is 5.52 Å². The number of rotatable bonds is 8. The van der Waals surface area contributed by atoms with E-state index >= 15 is 0 Å². The van der Waals surface area contributed by atoms with E-state index in [1.807, 2.05) is 11.8 Å². The van der Waals surface area contributed by atoms with Crippen molar-refractivity contribution in [2.45, 2.75) is 69.1 Å². The fourth-order valence-electron chi connectivity index (χ4n) is 15.4. The third kappa shape index (κ3) is 6.93. The fourth-order valence-corrected chi connectivity index (χ4v) is 16.6. The lowest BCUT2D eigenvalue weighted by atomic mass is 9.28. The van der Waals surface area contributed by atoms with Crippen molar-refractivity contribution >= 4 is 154 Å². The van der Waals surface area contributed by atoms with Gasteiger partial charge in [0.15, 0.2) is 0 Å². The minimum absolute atomic E-state index is 0.00103. The Morgan fingerprint density at radius 3 is 1.66 bits per heavy atom. The lowest BCUT2D eigenvalue weighted by molar-refractivity contribution is 0.812. The van der Waals surface area contributed by atoms with Gasteiger partial charge in [-0.3, -0.25) is 0 Å². The van der Waals surface area contributed by atoms with E-state index in [9.17, 15) is 0 Å². The van der Waals surface area contributed by atoms with Crippen LogP contribution in [0.2, 0.25) is 0 Å². The summed E-state index contributed by atoms with van der Waals surface area (Å²) in [4.78, 5) is 10.4. The van der Waals surface area contributed by atoms with Crippen LogP contribution in [0.4, 0.5) is 51.2 Å². The van der Waals surface area contributed by atoms with Crippen molar-refractivity contribution in [3.05, 3.63) is 247 Å². The van der Waals surface area contributed by atoms with Crippen LogP contribution in [-0.4, -0.2) is 24.7 Å². The molecule has 0 saturated heterocycles. The third-order valence-electron chi connectivity index (χ3n) is 18.9. The molecule has 1 aromatic heterocycles. The van der Waals surface area contributed by atoms with Crippen molar-refractivity contribution in [3.8, 4) is 5.69 Å². The highest BCUT2D eigenvalue weighted by Gasteiger charge is 2.52. The van der Waals surface area contributed by atoms with Gasteiger partial charge in [0.1, 0.15) is 0 Å². The van der Waals surface area contributed by atoms with E-state index in [1.54, 1.807) is 0 Å². The van der Waals surface area contributed by atoms with Crippen LogP contribution in [0, 0.1) is 0 Å². The van der Waals surface area contributed by atoms with Gasteiger partial charge in [0.25, 0.3) is 13.4 Å². The lowest BCUT2D eigenvalue weighted by Crippen LogP contribution is -2.69. The molecule has 0 amide bonds. The van der Waals surface area contributed by atoms with Crippen LogP contribution in [0.3, 0.4) is 0 Å². The predicted molar refractivity (Wildman–Crippen MR) is 358 cm³/mol. The van der Waals surface area contributed by atoms with Gasteiger partial charge in [-0.25, -0.2) is 0 Å². The average Bonchev–Trinajstić information content (AvgIpc) is 2.43. The Hall–Kier alpha value is -8.84. The predicted octanol–water partition coefficient (Wildman–Crippen LogP) is 13.8. The van der Waals surface area contributed by atoms with Crippen molar-refractivity contribution in [1.29, 1.82) is 0 Å². The normalized spacial score (nSPS) is 13.8. The Labute approximate surface area is 492 Å². The topological polar surface area (TPSA) is 14.7 Å². The summed E-state index contributed by atoms with van der Waals surface area (Å²) in [5.74, 6) is 1.09. The molecule has 83 heavy (non-hydrogen) atoms. The van der Waals surface area contributed by atoms with Gasteiger partial charge in [-0.15, -0.1) is 0 Å². The number of hydrogen-bond acceptors (Lipinski definition) is 4. The summed E-state index contributed by atoms with van der Waals surface area (Å²) in [6.45, 7) is 14.3. The molecule has 0 atom stereocenters. The molecule has 6 heterocycles. The van der Waals surface area contributed by atoms with Crippen molar-refractivity contribution < 1.29 is 0 Å². The van der Waals surface area contributed by atoms with Crippen LogP contribution in [0.25, 0.3) is 27.5 Å². The Kier molecular flexibility index (Phi) is 10.8. The molecule has 17 rings (SSSR count). The number of hydrogen-bond donors (Lipinski definition) is 0. The summed E-state index contributed by atoms with van der Waals surface area (Å²) in [7, 11) is 0. The zero-order valence-electron chi connectivity index (χ0n) is 47.6. The number of nitrogens with zero attached hydrogens (tertiary/aromatic N) is 4. The Balaban J connectivity index is 1.02. The largest absolute Gasteiger partial charge is 0.312 e. The van der Waals surface area contributed by atoms with Crippen LogP contribution in [0.5, 0.6) is 0 Å². The van der Waals surface area contributed by atoms with Crippen LogP contribution >= 0.6 is 11.8 Å². The van der Waals surface area contributed by atoms with Crippen LogP contribution < -0.4 is 63.9 Å². The standard InChI is InChI=1S/C75H59B3N4S/c1-45(2)48-39-55(46(3)4)71(56(40-48)47(5)6)78-59-32-18-21-36-69(59)83-70-44-66-61(42-62(70)78)77-58-38-37-52(79(49-23-10-7-11-24-49)50-25-12-8-13-26-50)41-65(58)82-64-35-20-17-31-57(64)76-60-33-22-30-54-53-29-16-19-34-63(53)81(74(54)60)68-43-67(72(77)75(82)73(68)76)80(66)51-27-14-9-15-28-51/h7-47H,1-6H3. The Morgan fingerprint density at radius 1 is 0.361 bits per heavy atom. The molecule has 0 saturated carbocycles. The van der Waals surface area contributed by atoms with E-state index in [1.165, 1.54) is 132 Å². The summed E-state index contributed by atoms with van der Waals surface area (Å²) in [5.41, 5.74) is 31.2. The highest BCUT2D eigenvalue weighted by atomic mass is 32.2. The molecule has 12 aromatic rings. The smallest absolute Gasteiger partial charge is 0.252 e. The molecule has 0 aliphatic carbocycles. The zero-order chi connectivity index (χ0) is 55.5. The maximum Gasteiger partial charge on any atom is 0.252 e. The molecular weight excluding hydrogens is 1020 g/mol. The zero-order valence-corrected chi connectivity index (χ0v) is 48.4. The second-order valence-electron chi connectivity index (χ2n) is 24.5. The Morgan fingerprint density at radius 2 is 0.940 bits per heavy atom. The summed E-state index contributed by atoms with van der Waals surface area (Å²) < 4.78 is 2.63. The van der Waals surface area contributed by atoms with Crippen LogP contribution in [0.1, 0.15) is 76.0 Å². The number of anilines is 9. The molecule has 5 aliphatic heterocycles. The minimum atomic E-state index is -0.113. The van der Waals surface area contributed by atoms with E-state index in [0.29, 0.717) is 17.8 Å². The highest BCUT2D eigenvalue weighted by Crippen LogP contribution is 2.50. The SMILES string of the molecule is CC(C)c1cc(C(C)C)c(B2c3ccccc3Sc3cc4c(cc32)B2c3ccc(N(c5ccccc5)c5ccccc5)cc3N3c5ccccc5B5c6c(cc(c2c63)N4c2ccccc2)-n2c3ccccc3c3cccc5c32)c(C(C)C)c1. The fraction of sp³-hybridized carbons (Fsp3) is 0.120. The van der Waals surface area contributed by atoms with E-state index in [4.69, 9.17) is 0 Å². The maximum atomic E-state index is 2.71. The van der Waals surface area contributed by atoms with Crippen molar-refractivity contribution in [2.24, 2.45) is 0 Å². The Bertz CT molecular complexity index is 4620. The molecule has 0 spiro atoms. The number of para-hydroxylation sites is 6. The first-order valence-electron chi connectivity index (χ1n) is 29.9. The van der Waals surface area contributed by atoms with E-state index < -0.39 is 0 Å². The summed E-state index contributed by atoms with van der Waals surface area (Å²) in [6.07, 6.45) is 0. The first-order chi connectivity index (χ1) is 40.7. The molecule has 11 aromatic carbocycles. The molecule has 0 radical (unpaired) electrons. The number of benzene rings is 11. The molecule has 8 heteroatoms. The molecule has 0 fully saturated rings. The quantitative estimate of drug-likeness (QED) is 0.141.